The van der Waals surface area contributed by atoms with Crippen LogP contribution >= 0.6 is 0 Å². The fraction of sp³-hybridized carbons (Fsp3) is 0.727. The van der Waals surface area contributed by atoms with Gasteiger partial charge in [0.2, 0.25) is 0 Å². The van der Waals surface area contributed by atoms with E-state index in [1.54, 1.807) is 6.92 Å². The van der Waals surface area contributed by atoms with Crippen LogP contribution in [0.4, 0.5) is 0 Å². The van der Waals surface area contributed by atoms with Crippen LogP contribution in [0.15, 0.2) is 12.2 Å². The van der Waals surface area contributed by atoms with Gasteiger partial charge in [-0.05, 0) is 32.6 Å². The number of esters is 1. The Balaban J connectivity index is 2.59. The second-order valence-corrected chi connectivity index (χ2v) is 4.03. The van der Waals surface area contributed by atoms with E-state index in [1.807, 2.05) is 0 Å². The zero-order chi connectivity index (χ0) is 10.6. The molecule has 3 heteroatoms. The van der Waals surface area contributed by atoms with Gasteiger partial charge in [-0.25, -0.2) is 4.79 Å². The number of aliphatic hydroxyl groups is 1. The SMILES string of the molecule is C=C(C)C(=O)OC1(CCO)CCCC1. The second-order valence-electron chi connectivity index (χ2n) is 4.03. The maximum Gasteiger partial charge on any atom is 0.333 e. The van der Waals surface area contributed by atoms with Crippen LogP contribution in [0.5, 0.6) is 0 Å². The normalized spacial score (nSPS) is 19.3. The molecule has 0 bridgehead atoms. The largest absolute Gasteiger partial charge is 0.456 e. The van der Waals surface area contributed by atoms with E-state index in [1.165, 1.54) is 0 Å². The van der Waals surface area contributed by atoms with Gasteiger partial charge in [0.1, 0.15) is 5.60 Å². The summed E-state index contributed by atoms with van der Waals surface area (Å²) in [5.41, 5.74) is 0.0133. The zero-order valence-electron chi connectivity index (χ0n) is 8.71. The minimum absolute atomic E-state index is 0.0729. The molecule has 0 aromatic heterocycles. The molecule has 1 aliphatic rings. The fourth-order valence-electron chi connectivity index (χ4n) is 1.91. The van der Waals surface area contributed by atoms with Crippen LogP contribution in [0.2, 0.25) is 0 Å². The van der Waals surface area contributed by atoms with E-state index in [-0.39, 0.29) is 12.6 Å². The van der Waals surface area contributed by atoms with Crippen LogP contribution in [0.1, 0.15) is 39.0 Å². The fourth-order valence-corrected chi connectivity index (χ4v) is 1.91. The highest BCUT2D eigenvalue weighted by atomic mass is 16.6. The van der Waals surface area contributed by atoms with Crippen LogP contribution in [-0.2, 0) is 9.53 Å². The molecule has 1 rings (SSSR count). The maximum atomic E-state index is 11.4. The van der Waals surface area contributed by atoms with Gasteiger partial charge in [0.25, 0.3) is 0 Å². The number of hydrogen-bond donors (Lipinski definition) is 1. The predicted molar refractivity (Wildman–Crippen MR) is 53.8 cm³/mol. The zero-order valence-corrected chi connectivity index (χ0v) is 8.71. The third-order valence-electron chi connectivity index (χ3n) is 2.74. The molecular formula is C11H18O3. The van der Waals surface area contributed by atoms with Gasteiger partial charge in [0.05, 0.1) is 0 Å². The average molecular weight is 198 g/mol. The van der Waals surface area contributed by atoms with Crippen molar-refractivity contribution in [3.63, 3.8) is 0 Å². The van der Waals surface area contributed by atoms with Gasteiger partial charge in [-0.2, -0.15) is 0 Å². The van der Waals surface area contributed by atoms with Gasteiger partial charge in [0.15, 0.2) is 0 Å². The summed E-state index contributed by atoms with van der Waals surface area (Å²) in [5.74, 6) is -0.333. The van der Waals surface area contributed by atoms with Crippen molar-refractivity contribution in [2.24, 2.45) is 0 Å². The van der Waals surface area contributed by atoms with Crippen molar-refractivity contribution < 1.29 is 14.6 Å². The summed E-state index contributed by atoms with van der Waals surface area (Å²) in [7, 11) is 0. The molecule has 1 saturated carbocycles. The standard InChI is InChI=1S/C11H18O3/c1-9(2)10(13)14-11(7-8-12)5-3-4-6-11/h12H,1,3-8H2,2H3. The first kappa shape index (κ1) is 11.2. The first-order valence-corrected chi connectivity index (χ1v) is 5.09. The van der Waals surface area contributed by atoms with E-state index in [9.17, 15) is 4.79 Å². The van der Waals surface area contributed by atoms with E-state index < -0.39 is 5.60 Å². The van der Waals surface area contributed by atoms with Crippen molar-refractivity contribution in [2.75, 3.05) is 6.61 Å². The second kappa shape index (κ2) is 4.60. The summed E-state index contributed by atoms with van der Waals surface area (Å²) in [6.07, 6.45) is 4.43. The Morgan fingerprint density at radius 2 is 2.07 bits per heavy atom. The summed E-state index contributed by atoms with van der Waals surface area (Å²) in [6, 6.07) is 0. The summed E-state index contributed by atoms with van der Waals surface area (Å²) in [6.45, 7) is 5.27. The lowest BCUT2D eigenvalue weighted by molar-refractivity contribution is -0.155. The molecule has 0 unspecified atom stereocenters. The van der Waals surface area contributed by atoms with Gasteiger partial charge in [-0.15, -0.1) is 0 Å². The molecule has 0 heterocycles. The molecule has 0 atom stereocenters. The van der Waals surface area contributed by atoms with E-state index in [4.69, 9.17) is 9.84 Å². The van der Waals surface area contributed by atoms with Crippen molar-refractivity contribution in [2.45, 2.75) is 44.6 Å². The molecule has 1 N–H and O–H groups in total. The lowest BCUT2D eigenvalue weighted by Crippen LogP contribution is -2.33. The number of carbonyl (C=O) groups excluding carboxylic acids is 1. The number of ether oxygens (including phenoxy) is 1. The first-order chi connectivity index (χ1) is 6.59. The molecule has 1 aliphatic carbocycles. The number of aliphatic hydroxyl groups excluding tert-OH is 1. The lowest BCUT2D eigenvalue weighted by Gasteiger charge is -2.28. The van der Waals surface area contributed by atoms with Crippen LogP contribution < -0.4 is 0 Å². The number of rotatable bonds is 4. The molecule has 0 spiro atoms. The molecule has 0 aromatic carbocycles. The van der Waals surface area contributed by atoms with E-state index in [0.717, 1.165) is 25.7 Å². The van der Waals surface area contributed by atoms with Crippen molar-refractivity contribution in [1.29, 1.82) is 0 Å². The predicted octanol–water partition coefficient (Wildman–Crippen LogP) is 1.80. The molecular weight excluding hydrogens is 180 g/mol. The molecule has 0 radical (unpaired) electrons. The summed E-state index contributed by atoms with van der Waals surface area (Å²) in [5, 5.41) is 8.93. The summed E-state index contributed by atoms with van der Waals surface area (Å²) in [4.78, 5) is 11.4. The molecule has 80 valence electrons. The van der Waals surface area contributed by atoms with Gasteiger partial charge in [-0.3, -0.25) is 0 Å². The van der Waals surface area contributed by atoms with Crippen LogP contribution in [0.3, 0.4) is 0 Å². The van der Waals surface area contributed by atoms with Crippen LogP contribution in [0.25, 0.3) is 0 Å². The average Bonchev–Trinajstić information content (AvgIpc) is 2.54. The molecule has 0 saturated heterocycles. The van der Waals surface area contributed by atoms with Crippen molar-refractivity contribution in [1.82, 2.24) is 0 Å². The van der Waals surface area contributed by atoms with Gasteiger partial charge >= 0.3 is 5.97 Å². The first-order valence-electron chi connectivity index (χ1n) is 5.09. The van der Waals surface area contributed by atoms with Gasteiger partial charge in [0, 0.05) is 18.6 Å². The monoisotopic (exact) mass is 198 g/mol. The number of hydrogen-bond acceptors (Lipinski definition) is 3. The third kappa shape index (κ3) is 2.58. The Bertz CT molecular complexity index is 227. The Hall–Kier alpha value is -0.830. The van der Waals surface area contributed by atoms with Crippen molar-refractivity contribution >= 4 is 5.97 Å². The Labute approximate surface area is 84.8 Å². The highest BCUT2D eigenvalue weighted by Crippen LogP contribution is 2.36. The molecule has 14 heavy (non-hydrogen) atoms. The molecule has 0 aromatic rings. The van der Waals surface area contributed by atoms with E-state index in [0.29, 0.717) is 12.0 Å². The van der Waals surface area contributed by atoms with Crippen LogP contribution in [0, 0.1) is 0 Å². The van der Waals surface area contributed by atoms with E-state index >= 15 is 0 Å². The lowest BCUT2D eigenvalue weighted by atomic mass is 9.98. The van der Waals surface area contributed by atoms with E-state index in [2.05, 4.69) is 6.58 Å². The van der Waals surface area contributed by atoms with Crippen molar-refractivity contribution in [3.05, 3.63) is 12.2 Å². The highest BCUT2D eigenvalue weighted by molar-refractivity contribution is 5.87. The quantitative estimate of drug-likeness (QED) is 0.553. The third-order valence-corrected chi connectivity index (χ3v) is 2.74. The Morgan fingerprint density at radius 1 is 1.50 bits per heavy atom. The minimum atomic E-state index is -0.412. The molecule has 0 amide bonds. The Morgan fingerprint density at radius 3 is 2.50 bits per heavy atom. The maximum absolute atomic E-state index is 11.4. The smallest absolute Gasteiger partial charge is 0.333 e. The summed E-state index contributed by atoms with van der Waals surface area (Å²) < 4.78 is 5.40. The number of carbonyl (C=O) groups is 1. The van der Waals surface area contributed by atoms with Crippen LogP contribution in [-0.4, -0.2) is 23.3 Å². The van der Waals surface area contributed by atoms with Gasteiger partial charge < -0.3 is 9.84 Å². The minimum Gasteiger partial charge on any atom is -0.456 e. The molecule has 3 nitrogen and oxygen atoms in total. The molecule has 1 fully saturated rings. The summed E-state index contributed by atoms with van der Waals surface area (Å²) >= 11 is 0. The van der Waals surface area contributed by atoms with Gasteiger partial charge in [-0.1, -0.05) is 6.58 Å². The Kier molecular flexibility index (Phi) is 3.69. The van der Waals surface area contributed by atoms with Crippen molar-refractivity contribution in [3.8, 4) is 0 Å². The highest BCUT2D eigenvalue weighted by Gasteiger charge is 2.37. The molecule has 0 aliphatic heterocycles. The topological polar surface area (TPSA) is 46.5 Å².